The average Bonchev–Trinajstić information content (AvgIpc) is 3.36. The monoisotopic (exact) mass is 355 g/mol. The van der Waals surface area contributed by atoms with Gasteiger partial charge in [0.05, 0.1) is 17.8 Å². The van der Waals surface area contributed by atoms with Crippen LogP contribution in [0.5, 0.6) is 0 Å². The zero-order chi connectivity index (χ0) is 18.1. The van der Waals surface area contributed by atoms with Crippen LogP contribution in [0.2, 0.25) is 0 Å². The fourth-order valence-electron chi connectivity index (χ4n) is 3.62. The Morgan fingerprint density at radius 1 is 1.15 bits per heavy atom. The third-order valence-corrected chi connectivity index (χ3v) is 5.15. The summed E-state index contributed by atoms with van der Waals surface area (Å²) < 4.78 is 1.89. The van der Waals surface area contributed by atoms with Crippen molar-refractivity contribution in [3.63, 3.8) is 0 Å². The Kier molecular flexibility index (Phi) is 4.63. The number of carbonyl (C=O) groups is 1. The zero-order valence-corrected chi connectivity index (χ0v) is 14.9. The maximum Gasteiger partial charge on any atom is 0.315 e. The maximum absolute atomic E-state index is 12.1. The number of aliphatic hydroxyl groups excluding tert-OH is 1. The van der Waals surface area contributed by atoms with E-state index < -0.39 is 6.10 Å². The highest BCUT2D eigenvalue weighted by Crippen LogP contribution is 2.33. The number of hydrogen-bond acceptors (Lipinski definition) is 4. The highest BCUT2D eigenvalue weighted by atomic mass is 16.3. The SMILES string of the molecule is Cc1nc([C@H]2CC[C@@H](O)[C@H](NC(=O)NC3CC3)C2)n(-c2ccccc2)n1. The molecule has 3 N–H and O–H groups in total. The first-order valence-corrected chi connectivity index (χ1v) is 9.34. The Bertz CT molecular complexity index is 771. The van der Waals surface area contributed by atoms with Gasteiger partial charge in [-0.25, -0.2) is 14.5 Å². The van der Waals surface area contributed by atoms with Crippen molar-refractivity contribution in [3.05, 3.63) is 42.0 Å². The molecule has 0 unspecified atom stereocenters. The Balaban J connectivity index is 1.51. The van der Waals surface area contributed by atoms with Crippen molar-refractivity contribution in [2.45, 2.75) is 63.1 Å². The van der Waals surface area contributed by atoms with Crippen molar-refractivity contribution in [1.82, 2.24) is 25.4 Å². The number of urea groups is 1. The van der Waals surface area contributed by atoms with Gasteiger partial charge in [0, 0.05) is 12.0 Å². The molecule has 1 aromatic heterocycles. The second-order valence-corrected chi connectivity index (χ2v) is 7.34. The lowest BCUT2D eigenvalue weighted by atomic mass is 9.83. The van der Waals surface area contributed by atoms with Gasteiger partial charge in [-0.05, 0) is 51.2 Å². The standard InChI is InChI=1S/C19H25N5O2/c1-12-20-18(24(23-12)15-5-3-2-4-6-15)13-7-10-17(25)16(11-13)22-19(26)21-14-8-9-14/h2-6,13-14,16-17,25H,7-11H2,1H3,(H2,21,22,26)/t13-,16+,17+/m0/s1. The average molecular weight is 355 g/mol. The topological polar surface area (TPSA) is 92.1 Å². The molecule has 3 atom stereocenters. The van der Waals surface area contributed by atoms with E-state index in [1.807, 2.05) is 41.9 Å². The molecule has 2 saturated carbocycles. The molecule has 2 aliphatic carbocycles. The van der Waals surface area contributed by atoms with Gasteiger partial charge in [-0.2, -0.15) is 5.10 Å². The van der Waals surface area contributed by atoms with Crippen molar-refractivity contribution in [1.29, 1.82) is 0 Å². The van der Waals surface area contributed by atoms with E-state index in [0.717, 1.165) is 36.6 Å². The smallest absolute Gasteiger partial charge is 0.315 e. The number of nitrogens with zero attached hydrogens (tertiary/aromatic N) is 3. The molecule has 1 aromatic carbocycles. The van der Waals surface area contributed by atoms with Crippen LogP contribution in [-0.2, 0) is 0 Å². The lowest BCUT2D eigenvalue weighted by molar-refractivity contribution is 0.0853. The third-order valence-electron chi connectivity index (χ3n) is 5.15. The molecule has 7 nitrogen and oxygen atoms in total. The molecular formula is C19H25N5O2. The van der Waals surface area contributed by atoms with E-state index in [1.165, 1.54) is 0 Å². The predicted molar refractivity (Wildman–Crippen MR) is 97.2 cm³/mol. The fourth-order valence-corrected chi connectivity index (χ4v) is 3.62. The zero-order valence-electron chi connectivity index (χ0n) is 14.9. The number of rotatable bonds is 4. The highest BCUT2D eigenvalue weighted by molar-refractivity contribution is 5.75. The molecule has 0 aliphatic heterocycles. The van der Waals surface area contributed by atoms with Crippen LogP contribution in [0.15, 0.2) is 30.3 Å². The van der Waals surface area contributed by atoms with E-state index in [4.69, 9.17) is 0 Å². The van der Waals surface area contributed by atoms with Gasteiger partial charge in [0.15, 0.2) is 0 Å². The minimum atomic E-state index is -0.523. The molecule has 2 aliphatic rings. The summed E-state index contributed by atoms with van der Waals surface area (Å²) in [5.41, 5.74) is 0.977. The maximum atomic E-state index is 12.1. The van der Waals surface area contributed by atoms with Crippen LogP contribution in [0, 0.1) is 6.92 Å². The first kappa shape index (κ1) is 17.0. The minimum Gasteiger partial charge on any atom is -0.391 e. The highest BCUT2D eigenvalue weighted by Gasteiger charge is 2.34. The van der Waals surface area contributed by atoms with Crippen LogP contribution in [-0.4, -0.2) is 44.1 Å². The van der Waals surface area contributed by atoms with Crippen LogP contribution in [0.3, 0.4) is 0 Å². The summed E-state index contributed by atoms with van der Waals surface area (Å²) in [4.78, 5) is 16.7. The number of aliphatic hydroxyl groups is 1. The van der Waals surface area contributed by atoms with E-state index in [-0.39, 0.29) is 18.0 Å². The van der Waals surface area contributed by atoms with E-state index in [0.29, 0.717) is 18.9 Å². The van der Waals surface area contributed by atoms with Crippen LogP contribution in [0.4, 0.5) is 4.79 Å². The van der Waals surface area contributed by atoms with Gasteiger partial charge >= 0.3 is 6.03 Å². The van der Waals surface area contributed by atoms with Gasteiger partial charge in [-0.3, -0.25) is 0 Å². The Labute approximate surface area is 152 Å². The van der Waals surface area contributed by atoms with Crippen LogP contribution in [0.25, 0.3) is 5.69 Å². The van der Waals surface area contributed by atoms with Gasteiger partial charge in [-0.1, -0.05) is 18.2 Å². The normalized spacial score (nSPS) is 25.7. The number of carbonyl (C=O) groups excluding carboxylic acids is 1. The number of hydrogen-bond donors (Lipinski definition) is 3. The molecule has 2 fully saturated rings. The summed E-state index contributed by atoms with van der Waals surface area (Å²) in [5, 5.41) is 20.8. The second kappa shape index (κ2) is 7.07. The molecule has 0 bridgehead atoms. The summed E-state index contributed by atoms with van der Waals surface area (Å²) in [6, 6.07) is 9.80. The minimum absolute atomic E-state index is 0.144. The molecule has 2 amide bonds. The second-order valence-electron chi connectivity index (χ2n) is 7.34. The van der Waals surface area contributed by atoms with Gasteiger partial charge in [0.25, 0.3) is 0 Å². The molecule has 26 heavy (non-hydrogen) atoms. The molecule has 2 aromatic rings. The molecule has 1 heterocycles. The number of amides is 2. The fraction of sp³-hybridized carbons (Fsp3) is 0.526. The third kappa shape index (κ3) is 3.72. The van der Waals surface area contributed by atoms with Crippen LogP contribution >= 0.6 is 0 Å². The molecule has 0 spiro atoms. The summed E-state index contributed by atoms with van der Waals surface area (Å²) in [6.07, 6.45) is 3.69. The van der Waals surface area contributed by atoms with E-state index in [9.17, 15) is 9.90 Å². The van der Waals surface area contributed by atoms with Gasteiger partial charge in [0.1, 0.15) is 11.6 Å². The van der Waals surface area contributed by atoms with Crippen LogP contribution < -0.4 is 10.6 Å². The van der Waals surface area contributed by atoms with E-state index in [1.54, 1.807) is 0 Å². The summed E-state index contributed by atoms with van der Waals surface area (Å²) in [6.45, 7) is 1.89. The number of benzene rings is 1. The van der Waals surface area contributed by atoms with E-state index in [2.05, 4.69) is 20.7 Å². The molecule has 7 heteroatoms. The first-order chi connectivity index (χ1) is 12.6. The van der Waals surface area contributed by atoms with Crippen molar-refractivity contribution in [2.24, 2.45) is 0 Å². The number of nitrogens with one attached hydrogen (secondary N) is 2. The predicted octanol–water partition coefficient (Wildman–Crippen LogP) is 2.03. The van der Waals surface area contributed by atoms with Crippen molar-refractivity contribution < 1.29 is 9.90 Å². The van der Waals surface area contributed by atoms with Crippen LogP contribution in [0.1, 0.15) is 49.7 Å². The summed E-state index contributed by atoms with van der Waals surface area (Å²) in [5.74, 6) is 1.77. The summed E-state index contributed by atoms with van der Waals surface area (Å²) in [7, 11) is 0. The van der Waals surface area contributed by atoms with Gasteiger partial charge in [0.2, 0.25) is 0 Å². The first-order valence-electron chi connectivity index (χ1n) is 9.34. The van der Waals surface area contributed by atoms with E-state index >= 15 is 0 Å². The number of para-hydroxylation sites is 1. The lowest BCUT2D eigenvalue weighted by Crippen LogP contribution is -2.50. The van der Waals surface area contributed by atoms with Gasteiger partial charge in [-0.15, -0.1) is 0 Å². The quantitative estimate of drug-likeness (QED) is 0.782. The van der Waals surface area contributed by atoms with Gasteiger partial charge < -0.3 is 15.7 Å². The Morgan fingerprint density at radius 3 is 2.65 bits per heavy atom. The molecule has 138 valence electrons. The number of aryl methyl sites for hydroxylation is 1. The van der Waals surface area contributed by atoms with Crippen molar-refractivity contribution in [2.75, 3.05) is 0 Å². The molecule has 0 radical (unpaired) electrons. The lowest BCUT2D eigenvalue weighted by Gasteiger charge is -2.33. The Morgan fingerprint density at radius 2 is 1.92 bits per heavy atom. The summed E-state index contributed by atoms with van der Waals surface area (Å²) >= 11 is 0. The molecule has 0 saturated heterocycles. The molecule has 4 rings (SSSR count). The number of aromatic nitrogens is 3. The van der Waals surface area contributed by atoms with Crippen molar-refractivity contribution in [3.8, 4) is 5.69 Å². The molecular weight excluding hydrogens is 330 g/mol. The van der Waals surface area contributed by atoms with Crippen molar-refractivity contribution >= 4 is 6.03 Å². The largest absolute Gasteiger partial charge is 0.391 e. The Hall–Kier alpha value is -2.41.